The van der Waals surface area contributed by atoms with Gasteiger partial charge in [0, 0.05) is 37.6 Å². The van der Waals surface area contributed by atoms with Crippen LogP contribution < -0.4 is 10.6 Å². The lowest BCUT2D eigenvalue weighted by Crippen LogP contribution is -2.35. The van der Waals surface area contributed by atoms with Gasteiger partial charge in [-0.05, 0) is 61.8 Å². The minimum atomic E-state index is -0.800. The zero-order valence-corrected chi connectivity index (χ0v) is 19.5. The van der Waals surface area contributed by atoms with Crippen molar-refractivity contribution in [1.82, 2.24) is 19.5 Å². The van der Waals surface area contributed by atoms with Crippen LogP contribution in [0.1, 0.15) is 47.8 Å². The Hall–Kier alpha value is -3.04. The number of imidazole rings is 1. The van der Waals surface area contributed by atoms with E-state index >= 15 is 0 Å². The van der Waals surface area contributed by atoms with E-state index in [1.165, 1.54) is 18.2 Å². The molecule has 0 radical (unpaired) electrons. The maximum absolute atomic E-state index is 13.5. The average Bonchev–Trinajstić information content (AvgIpc) is 3.46. The fraction of sp³-hybridized carbons (Fsp3) is 0.417. The molecule has 3 N–H and O–H groups in total. The molecule has 2 heterocycles. The van der Waals surface area contributed by atoms with Gasteiger partial charge in [-0.15, -0.1) is 0 Å². The molecule has 2 aliphatic rings. The number of carbonyl (C=O) groups is 1. The van der Waals surface area contributed by atoms with Gasteiger partial charge in [0.25, 0.3) is 5.91 Å². The first-order valence-electron chi connectivity index (χ1n) is 11.3. The molecular formula is C24H26ClFN6O2. The first-order valence-corrected chi connectivity index (χ1v) is 11.7. The smallest absolute Gasteiger partial charge is 0.274 e. The largest absolute Gasteiger partial charge is 0.388 e. The van der Waals surface area contributed by atoms with E-state index in [0.717, 1.165) is 18.5 Å². The number of aliphatic hydroxyl groups is 1. The summed E-state index contributed by atoms with van der Waals surface area (Å²) < 4.78 is 15.2. The molecular weight excluding hydrogens is 459 g/mol. The Balaban J connectivity index is 1.25. The fourth-order valence-corrected chi connectivity index (χ4v) is 5.74. The number of hydrogen-bond donors (Lipinski definition) is 3. The highest BCUT2D eigenvalue weighted by Gasteiger charge is 2.49. The summed E-state index contributed by atoms with van der Waals surface area (Å²) in [5, 5.41) is 17.0. The molecule has 2 unspecified atom stereocenters. The second kappa shape index (κ2) is 8.96. The van der Waals surface area contributed by atoms with Gasteiger partial charge in [-0.2, -0.15) is 0 Å². The van der Waals surface area contributed by atoms with E-state index in [4.69, 9.17) is 11.6 Å². The fourth-order valence-electron chi connectivity index (χ4n) is 5.56. The third-order valence-corrected chi connectivity index (χ3v) is 7.30. The second-order valence-corrected chi connectivity index (χ2v) is 9.83. The lowest BCUT2D eigenvalue weighted by atomic mass is 9.92. The van der Waals surface area contributed by atoms with Gasteiger partial charge in [-0.25, -0.2) is 19.3 Å². The Labute approximate surface area is 201 Å². The molecule has 2 fully saturated rings. The predicted molar refractivity (Wildman–Crippen MR) is 126 cm³/mol. The van der Waals surface area contributed by atoms with Crippen LogP contribution in [0.25, 0.3) is 0 Å². The third kappa shape index (κ3) is 4.50. The van der Waals surface area contributed by atoms with Crippen molar-refractivity contribution in [2.45, 2.75) is 37.2 Å². The topological polar surface area (TPSA) is 105 Å². The van der Waals surface area contributed by atoms with Gasteiger partial charge in [-0.3, -0.25) is 4.79 Å². The number of nitrogens with one attached hydrogen (secondary N) is 2. The Bertz CT molecular complexity index is 1190. The van der Waals surface area contributed by atoms with Gasteiger partial charge in [-0.1, -0.05) is 11.6 Å². The van der Waals surface area contributed by atoms with Gasteiger partial charge in [0.15, 0.2) is 0 Å². The van der Waals surface area contributed by atoms with E-state index in [1.54, 1.807) is 36.4 Å². The van der Waals surface area contributed by atoms with Crippen molar-refractivity contribution in [3.8, 4) is 0 Å². The number of amides is 1. The van der Waals surface area contributed by atoms with Crippen LogP contribution >= 0.6 is 11.6 Å². The summed E-state index contributed by atoms with van der Waals surface area (Å²) >= 11 is 5.85. The molecule has 0 spiro atoms. The van der Waals surface area contributed by atoms with Crippen molar-refractivity contribution in [3.05, 3.63) is 65.2 Å². The number of carbonyl (C=O) groups excluding carboxylic acids is 1. The van der Waals surface area contributed by atoms with E-state index < -0.39 is 11.4 Å². The van der Waals surface area contributed by atoms with Crippen molar-refractivity contribution in [2.75, 3.05) is 17.2 Å². The van der Waals surface area contributed by atoms with Crippen LogP contribution in [0.3, 0.4) is 0 Å². The molecule has 2 saturated carbocycles. The molecule has 1 amide bonds. The quantitative estimate of drug-likeness (QED) is 0.488. The zero-order valence-electron chi connectivity index (χ0n) is 18.7. The van der Waals surface area contributed by atoms with E-state index in [9.17, 15) is 14.3 Å². The van der Waals surface area contributed by atoms with E-state index in [2.05, 4.69) is 25.6 Å². The van der Waals surface area contributed by atoms with Crippen molar-refractivity contribution < 1.29 is 14.3 Å². The number of nitrogens with zero attached hydrogens (tertiary/aromatic N) is 4. The number of hydrogen-bond acceptors (Lipinski definition) is 6. The maximum atomic E-state index is 13.5. The number of benzene rings is 1. The van der Waals surface area contributed by atoms with Crippen LogP contribution in [-0.2, 0) is 7.05 Å². The van der Waals surface area contributed by atoms with Crippen molar-refractivity contribution >= 4 is 29.1 Å². The summed E-state index contributed by atoms with van der Waals surface area (Å²) in [6, 6.07) is 5.84. The lowest BCUT2D eigenvalue weighted by Gasteiger charge is -2.25. The van der Waals surface area contributed by atoms with Crippen molar-refractivity contribution in [2.24, 2.45) is 18.9 Å². The molecule has 0 aliphatic heterocycles. The number of aromatic nitrogens is 4. The molecule has 2 aromatic heterocycles. The van der Waals surface area contributed by atoms with Gasteiger partial charge in [0.2, 0.25) is 5.95 Å². The van der Waals surface area contributed by atoms with E-state index in [0.29, 0.717) is 48.6 Å². The molecule has 10 heteroatoms. The van der Waals surface area contributed by atoms with Crippen molar-refractivity contribution in [3.63, 3.8) is 0 Å². The first kappa shape index (κ1) is 22.7. The molecule has 8 nitrogen and oxygen atoms in total. The highest BCUT2D eigenvalue weighted by molar-refractivity contribution is 6.31. The molecule has 5 rings (SSSR count). The van der Waals surface area contributed by atoms with Gasteiger partial charge in [0.05, 0.1) is 22.6 Å². The monoisotopic (exact) mass is 484 g/mol. The average molecular weight is 485 g/mol. The van der Waals surface area contributed by atoms with E-state index in [1.807, 2.05) is 0 Å². The summed E-state index contributed by atoms with van der Waals surface area (Å²) in [6.07, 6.45) is 8.10. The standard InChI is InChI=1S/C24H26ClFN6O2/c1-32-13-30-20(21(32)22(33)31-17-3-4-19(26)18(25)9-17)14-7-15-10-24(34,11-16(15)8-14)12-29-23-27-5-2-6-28-23/h2-6,9,13-16,34H,7-8,10-12H2,1H3,(H,31,33)(H,27,28,29). The molecule has 0 saturated heterocycles. The number of anilines is 2. The Morgan fingerprint density at radius 1 is 1.24 bits per heavy atom. The van der Waals surface area contributed by atoms with Crippen LogP contribution in [0.2, 0.25) is 5.02 Å². The van der Waals surface area contributed by atoms with E-state index in [-0.39, 0.29) is 16.8 Å². The minimum Gasteiger partial charge on any atom is -0.388 e. The summed E-state index contributed by atoms with van der Waals surface area (Å²) in [5.41, 5.74) is 0.878. The third-order valence-electron chi connectivity index (χ3n) is 7.01. The zero-order chi connectivity index (χ0) is 23.9. The maximum Gasteiger partial charge on any atom is 0.274 e. The SMILES string of the molecule is Cn1cnc(C2CC3CC(O)(CNc4ncccn4)CC3C2)c1C(=O)Nc1ccc(F)c(Cl)c1. The van der Waals surface area contributed by atoms with Gasteiger partial charge >= 0.3 is 0 Å². The Morgan fingerprint density at radius 2 is 1.94 bits per heavy atom. The second-order valence-electron chi connectivity index (χ2n) is 9.42. The Morgan fingerprint density at radius 3 is 2.62 bits per heavy atom. The Kier molecular flexibility index (Phi) is 5.99. The summed E-state index contributed by atoms with van der Waals surface area (Å²) in [7, 11) is 1.79. The molecule has 2 atom stereocenters. The lowest BCUT2D eigenvalue weighted by molar-refractivity contribution is 0.0513. The van der Waals surface area contributed by atoms with Crippen LogP contribution in [0.15, 0.2) is 43.0 Å². The number of rotatable bonds is 6. The van der Waals surface area contributed by atoms with Crippen LogP contribution in [-0.4, -0.2) is 42.7 Å². The molecule has 34 heavy (non-hydrogen) atoms. The first-order chi connectivity index (χ1) is 16.3. The minimum absolute atomic E-state index is 0.0487. The summed E-state index contributed by atoms with van der Waals surface area (Å²) in [4.78, 5) is 25.9. The van der Waals surface area contributed by atoms with Gasteiger partial charge in [0.1, 0.15) is 11.5 Å². The molecule has 3 aromatic rings. The molecule has 0 bridgehead atoms. The number of halogens is 2. The number of aryl methyl sites for hydroxylation is 1. The van der Waals surface area contributed by atoms with Gasteiger partial charge < -0.3 is 20.3 Å². The van der Waals surface area contributed by atoms with Crippen LogP contribution in [0.5, 0.6) is 0 Å². The van der Waals surface area contributed by atoms with Crippen LogP contribution in [0.4, 0.5) is 16.0 Å². The molecule has 2 aliphatic carbocycles. The number of fused-ring (bicyclic) bond motifs is 1. The predicted octanol–water partition coefficient (Wildman–Crippen LogP) is 4.00. The summed E-state index contributed by atoms with van der Waals surface area (Å²) in [6.45, 7) is 0.409. The molecule has 178 valence electrons. The normalized spacial score (nSPS) is 25.8. The molecule has 1 aromatic carbocycles. The van der Waals surface area contributed by atoms with Crippen molar-refractivity contribution in [1.29, 1.82) is 0 Å². The summed E-state index contributed by atoms with van der Waals surface area (Å²) in [5.74, 6) is 0.536. The highest BCUT2D eigenvalue weighted by atomic mass is 35.5. The van der Waals surface area contributed by atoms with Crippen LogP contribution in [0, 0.1) is 17.7 Å². The highest BCUT2D eigenvalue weighted by Crippen LogP contribution is 2.54.